The van der Waals surface area contributed by atoms with Crippen molar-refractivity contribution in [3.63, 3.8) is 0 Å². The predicted octanol–water partition coefficient (Wildman–Crippen LogP) is 3.50. The van der Waals surface area contributed by atoms with E-state index in [-0.39, 0.29) is 5.91 Å². The number of carbonyl (C=O) groups excluding carboxylic acids is 1. The van der Waals surface area contributed by atoms with E-state index < -0.39 is 0 Å². The third-order valence-electron chi connectivity index (χ3n) is 5.90. The molecular formula is C25H26N6O2. The van der Waals surface area contributed by atoms with E-state index in [1.54, 1.807) is 0 Å². The number of nitrogens with zero attached hydrogens (tertiary/aromatic N) is 6. The van der Waals surface area contributed by atoms with Crippen LogP contribution < -0.4 is 0 Å². The molecule has 33 heavy (non-hydrogen) atoms. The van der Waals surface area contributed by atoms with Crippen LogP contribution in [0.15, 0.2) is 65.2 Å². The van der Waals surface area contributed by atoms with E-state index >= 15 is 0 Å². The lowest BCUT2D eigenvalue weighted by molar-refractivity contribution is 0.0609. The maximum absolute atomic E-state index is 13.0. The summed E-state index contributed by atoms with van der Waals surface area (Å²) in [5.41, 5.74) is 4.49. The number of aryl methyl sites for hydroxylation is 2. The van der Waals surface area contributed by atoms with Gasteiger partial charge in [-0.15, -0.1) is 0 Å². The summed E-state index contributed by atoms with van der Waals surface area (Å²) in [6, 6.07) is 19.8. The molecule has 1 fully saturated rings. The standard InChI is InChI=1S/C25H26N6O2/c1-18-8-10-20(11-9-18)24-26-23(33-28-24)17-29-12-14-30(15-13-29)25(32)22-16-19(2)31(27-22)21-6-4-3-5-7-21/h3-11,16H,12-15,17H2,1-2H3. The summed E-state index contributed by atoms with van der Waals surface area (Å²) in [4.78, 5) is 21.7. The van der Waals surface area contributed by atoms with Crippen LogP contribution in [0.25, 0.3) is 17.1 Å². The topological polar surface area (TPSA) is 80.3 Å². The summed E-state index contributed by atoms with van der Waals surface area (Å²) in [5, 5.41) is 8.67. The highest BCUT2D eigenvalue weighted by Gasteiger charge is 2.25. The molecule has 1 saturated heterocycles. The Balaban J connectivity index is 1.19. The molecule has 168 valence electrons. The van der Waals surface area contributed by atoms with Crippen LogP contribution >= 0.6 is 0 Å². The number of hydrogen-bond acceptors (Lipinski definition) is 6. The molecule has 2 aromatic carbocycles. The van der Waals surface area contributed by atoms with E-state index in [1.807, 2.05) is 84.1 Å². The van der Waals surface area contributed by atoms with Gasteiger partial charge in [0.15, 0.2) is 5.69 Å². The van der Waals surface area contributed by atoms with Gasteiger partial charge >= 0.3 is 0 Å². The summed E-state index contributed by atoms with van der Waals surface area (Å²) < 4.78 is 7.27. The lowest BCUT2D eigenvalue weighted by Gasteiger charge is -2.33. The van der Waals surface area contributed by atoms with Crippen LogP contribution in [0.5, 0.6) is 0 Å². The summed E-state index contributed by atoms with van der Waals surface area (Å²) in [6.07, 6.45) is 0. The Hall–Kier alpha value is -3.78. The largest absolute Gasteiger partial charge is 0.338 e. The van der Waals surface area contributed by atoms with Crippen molar-refractivity contribution in [2.75, 3.05) is 26.2 Å². The van der Waals surface area contributed by atoms with Gasteiger partial charge in [0, 0.05) is 37.4 Å². The molecule has 0 unspecified atom stereocenters. The number of aromatic nitrogens is 4. The Kier molecular flexibility index (Phi) is 5.75. The van der Waals surface area contributed by atoms with Gasteiger partial charge in [0.2, 0.25) is 11.7 Å². The summed E-state index contributed by atoms with van der Waals surface area (Å²) in [5.74, 6) is 1.15. The van der Waals surface area contributed by atoms with E-state index in [0.29, 0.717) is 37.0 Å². The minimum absolute atomic E-state index is 0.0353. The first-order chi connectivity index (χ1) is 16.1. The van der Waals surface area contributed by atoms with Gasteiger partial charge in [0.25, 0.3) is 5.91 Å². The fourth-order valence-corrected chi connectivity index (χ4v) is 4.01. The average molecular weight is 443 g/mol. The molecule has 0 atom stereocenters. The number of piperazine rings is 1. The maximum Gasteiger partial charge on any atom is 0.274 e. The molecule has 0 saturated carbocycles. The van der Waals surface area contributed by atoms with Crippen molar-refractivity contribution in [2.24, 2.45) is 0 Å². The third kappa shape index (κ3) is 4.56. The Labute approximate surface area is 192 Å². The smallest absolute Gasteiger partial charge is 0.274 e. The van der Waals surface area contributed by atoms with Crippen molar-refractivity contribution in [2.45, 2.75) is 20.4 Å². The molecule has 1 amide bonds. The summed E-state index contributed by atoms with van der Waals surface area (Å²) >= 11 is 0. The number of para-hydroxylation sites is 1. The highest BCUT2D eigenvalue weighted by Crippen LogP contribution is 2.18. The highest BCUT2D eigenvalue weighted by atomic mass is 16.5. The van der Waals surface area contributed by atoms with Crippen LogP contribution in [0.2, 0.25) is 0 Å². The van der Waals surface area contributed by atoms with Crippen LogP contribution in [0.4, 0.5) is 0 Å². The van der Waals surface area contributed by atoms with Crippen LogP contribution in [-0.2, 0) is 6.54 Å². The van der Waals surface area contributed by atoms with Crippen LogP contribution in [0, 0.1) is 13.8 Å². The second-order valence-corrected chi connectivity index (χ2v) is 8.36. The van der Waals surface area contributed by atoms with Crippen LogP contribution in [-0.4, -0.2) is 61.8 Å². The van der Waals surface area contributed by atoms with E-state index in [2.05, 4.69) is 20.1 Å². The van der Waals surface area contributed by atoms with Gasteiger partial charge in [0.1, 0.15) is 0 Å². The molecule has 8 heteroatoms. The van der Waals surface area contributed by atoms with Crippen molar-refractivity contribution in [3.8, 4) is 17.1 Å². The van der Waals surface area contributed by atoms with Gasteiger partial charge in [-0.2, -0.15) is 10.1 Å². The Morgan fingerprint density at radius 1 is 0.970 bits per heavy atom. The zero-order valence-corrected chi connectivity index (χ0v) is 18.8. The first kappa shape index (κ1) is 21.1. The fourth-order valence-electron chi connectivity index (χ4n) is 4.01. The van der Waals surface area contributed by atoms with E-state index in [1.165, 1.54) is 5.56 Å². The molecule has 8 nitrogen and oxygen atoms in total. The summed E-state index contributed by atoms with van der Waals surface area (Å²) in [6.45, 7) is 7.33. The maximum atomic E-state index is 13.0. The number of carbonyl (C=O) groups is 1. The Morgan fingerprint density at radius 3 is 2.42 bits per heavy atom. The monoisotopic (exact) mass is 442 g/mol. The molecule has 0 aliphatic carbocycles. The number of benzene rings is 2. The van der Waals surface area contributed by atoms with Gasteiger partial charge in [-0.05, 0) is 32.0 Å². The molecule has 0 N–H and O–H groups in total. The van der Waals surface area contributed by atoms with Crippen molar-refractivity contribution in [3.05, 3.63) is 83.5 Å². The summed E-state index contributed by atoms with van der Waals surface area (Å²) in [7, 11) is 0. The number of rotatable bonds is 5. The van der Waals surface area contributed by atoms with Gasteiger partial charge in [0.05, 0.1) is 12.2 Å². The molecular weight excluding hydrogens is 416 g/mol. The van der Waals surface area contributed by atoms with Gasteiger partial charge in [-0.1, -0.05) is 53.2 Å². The Morgan fingerprint density at radius 2 is 1.70 bits per heavy atom. The third-order valence-corrected chi connectivity index (χ3v) is 5.90. The van der Waals surface area contributed by atoms with Crippen molar-refractivity contribution >= 4 is 5.91 Å². The van der Waals surface area contributed by atoms with Gasteiger partial charge < -0.3 is 9.42 Å². The van der Waals surface area contributed by atoms with E-state index in [4.69, 9.17) is 4.52 Å². The zero-order valence-electron chi connectivity index (χ0n) is 18.8. The molecule has 1 aliphatic rings. The zero-order chi connectivity index (χ0) is 22.8. The molecule has 5 rings (SSSR count). The lowest BCUT2D eigenvalue weighted by atomic mass is 10.1. The molecule has 2 aromatic heterocycles. The fraction of sp³-hybridized carbons (Fsp3) is 0.280. The average Bonchev–Trinajstić information content (AvgIpc) is 3.47. The second kappa shape index (κ2) is 8.99. The molecule has 0 radical (unpaired) electrons. The van der Waals surface area contributed by atoms with Crippen LogP contribution in [0.1, 0.15) is 27.6 Å². The van der Waals surface area contributed by atoms with Gasteiger partial charge in [-0.3, -0.25) is 9.69 Å². The predicted molar refractivity (Wildman–Crippen MR) is 124 cm³/mol. The molecule has 0 bridgehead atoms. The minimum Gasteiger partial charge on any atom is -0.338 e. The van der Waals surface area contributed by atoms with Crippen molar-refractivity contribution in [1.82, 2.24) is 29.7 Å². The van der Waals surface area contributed by atoms with Gasteiger partial charge in [-0.25, -0.2) is 4.68 Å². The van der Waals surface area contributed by atoms with E-state index in [9.17, 15) is 4.79 Å². The molecule has 0 spiro atoms. The number of hydrogen-bond donors (Lipinski definition) is 0. The first-order valence-corrected chi connectivity index (χ1v) is 11.1. The van der Waals surface area contributed by atoms with Crippen LogP contribution in [0.3, 0.4) is 0 Å². The Bertz CT molecular complexity index is 1240. The molecule has 4 aromatic rings. The van der Waals surface area contributed by atoms with Crippen molar-refractivity contribution in [1.29, 1.82) is 0 Å². The molecule has 3 heterocycles. The molecule has 1 aliphatic heterocycles. The lowest BCUT2D eigenvalue weighted by Crippen LogP contribution is -2.48. The van der Waals surface area contributed by atoms with Crippen molar-refractivity contribution < 1.29 is 9.32 Å². The highest BCUT2D eigenvalue weighted by molar-refractivity contribution is 5.92. The SMILES string of the molecule is Cc1ccc(-c2noc(CN3CCN(C(=O)c4cc(C)n(-c5ccccc5)n4)CC3)n2)cc1. The number of amides is 1. The quantitative estimate of drug-likeness (QED) is 0.471. The second-order valence-electron chi connectivity index (χ2n) is 8.36. The van der Waals surface area contributed by atoms with E-state index in [0.717, 1.165) is 30.0 Å². The normalized spacial score (nSPS) is 14.5. The minimum atomic E-state index is -0.0353. The first-order valence-electron chi connectivity index (χ1n) is 11.1.